The number of hydrogen-bond acceptors (Lipinski definition) is 1. The highest BCUT2D eigenvalue weighted by molar-refractivity contribution is 6.31. The second-order valence-electron chi connectivity index (χ2n) is 7.16. The third-order valence-electron chi connectivity index (χ3n) is 4.72. The minimum atomic E-state index is 0.735. The summed E-state index contributed by atoms with van der Waals surface area (Å²) < 4.78 is 0. The number of rotatable bonds is 6. The van der Waals surface area contributed by atoms with Gasteiger partial charge in [-0.05, 0) is 74.2 Å². The summed E-state index contributed by atoms with van der Waals surface area (Å²) in [5.74, 6) is 2.34. The van der Waals surface area contributed by atoms with E-state index in [1.54, 1.807) is 0 Å². The Morgan fingerprint density at radius 3 is 2.57 bits per heavy atom. The molecule has 2 atom stereocenters. The summed E-state index contributed by atoms with van der Waals surface area (Å²) >= 11 is 6.43. The maximum absolute atomic E-state index is 6.43. The smallest absolute Gasteiger partial charge is 0.0440 e. The summed E-state index contributed by atoms with van der Waals surface area (Å²) in [6.07, 6.45) is 6.66. The van der Waals surface area contributed by atoms with Crippen LogP contribution in [0.3, 0.4) is 0 Å². The standard InChI is InChI=1S/C19H30ClN/c1-14(2)12-21-13-18-7-5-4-6-16(18)11-17-9-8-15(3)10-19(17)20/h8-10,14,16,18,21H,4-7,11-13H2,1-3H3. The van der Waals surface area contributed by atoms with Crippen LogP contribution in [0.15, 0.2) is 18.2 Å². The lowest BCUT2D eigenvalue weighted by atomic mass is 9.76. The molecule has 0 saturated heterocycles. The summed E-state index contributed by atoms with van der Waals surface area (Å²) in [7, 11) is 0. The molecule has 1 fully saturated rings. The SMILES string of the molecule is Cc1ccc(CC2CCCCC2CNCC(C)C)c(Cl)c1. The lowest BCUT2D eigenvalue weighted by Gasteiger charge is -2.32. The Morgan fingerprint density at radius 1 is 1.19 bits per heavy atom. The average molecular weight is 308 g/mol. The maximum Gasteiger partial charge on any atom is 0.0440 e. The fourth-order valence-electron chi connectivity index (χ4n) is 3.48. The van der Waals surface area contributed by atoms with Crippen molar-refractivity contribution in [2.75, 3.05) is 13.1 Å². The molecule has 1 N–H and O–H groups in total. The highest BCUT2D eigenvalue weighted by Gasteiger charge is 2.25. The van der Waals surface area contributed by atoms with Gasteiger partial charge in [-0.2, -0.15) is 0 Å². The fourth-order valence-corrected chi connectivity index (χ4v) is 3.79. The van der Waals surface area contributed by atoms with Gasteiger partial charge >= 0.3 is 0 Å². The van der Waals surface area contributed by atoms with Gasteiger partial charge in [-0.1, -0.05) is 50.4 Å². The van der Waals surface area contributed by atoms with Crippen LogP contribution in [-0.2, 0) is 6.42 Å². The first-order valence-corrected chi connectivity index (χ1v) is 8.89. The van der Waals surface area contributed by atoms with Gasteiger partial charge in [0.25, 0.3) is 0 Å². The second kappa shape index (κ2) is 8.19. The number of benzene rings is 1. The molecule has 1 nitrogen and oxygen atoms in total. The van der Waals surface area contributed by atoms with E-state index in [0.29, 0.717) is 0 Å². The molecule has 21 heavy (non-hydrogen) atoms. The molecular weight excluding hydrogens is 278 g/mol. The molecule has 0 radical (unpaired) electrons. The zero-order chi connectivity index (χ0) is 15.2. The average Bonchev–Trinajstić information content (AvgIpc) is 2.43. The molecule has 1 saturated carbocycles. The van der Waals surface area contributed by atoms with Crippen LogP contribution in [-0.4, -0.2) is 13.1 Å². The molecule has 2 unspecified atom stereocenters. The molecule has 0 aliphatic heterocycles. The van der Waals surface area contributed by atoms with Crippen LogP contribution in [0.1, 0.15) is 50.7 Å². The monoisotopic (exact) mass is 307 g/mol. The first-order chi connectivity index (χ1) is 10.1. The third kappa shape index (κ3) is 5.30. The topological polar surface area (TPSA) is 12.0 Å². The van der Waals surface area contributed by atoms with Crippen LogP contribution >= 0.6 is 11.6 Å². The normalized spacial score (nSPS) is 22.7. The number of halogens is 1. The summed E-state index contributed by atoms with van der Waals surface area (Å²) in [6.45, 7) is 8.96. The van der Waals surface area contributed by atoms with Crippen LogP contribution in [0, 0.1) is 24.7 Å². The molecule has 0 amide bonds. The molecule has 0 spiro atoms. The van der Waals surface area contributed by atoms with E-state index in [1.807, 2.05) is 0 Å². The zero-order valence-corrected chi connectivity index (χ0v) is 14.5. The Morgan fingerprint density at radius 2 is 1.90 bits per heavy atom. The van der Waals surface area contributed by atoms with Crippen LogP contribution < -0.4 is 5.32 Å². The minimum Gasteiger partial charge on any atom is -0.316 e. The van der Waals surface area contributed by atoms with E-state index in [4.69, 9.17) is 11.6 Å². The highest BCUT2D eigenvalue weighted by Crippen LogP contribution is 2.34. The van der Waals surface area contributed by atoms with E-state index < -0.39 is 0 Å². The van der Waals surface area contributed by atoms with E-state index in [9.17, 15) is 0 Å². The molecule has 118 valence electrons. The van der Waals surface area contributed by atoms with Gasteiger partial charge in [0, 0.05) is 5.02 Å². The molecule has 0 aromatic heterocycles. The zero-order valence-electron chi connectivity index (χ0n) is 13.8. The third-order valence-corrected chi connectivity index (χ3v) is 5.07. The molecule has 0 heterocycles. The Labute approximate surface area is 135 Å². The van der Waals surface area contributed by atoms with E-state index in [-0.39, 0.29) is 0 Å². The Balaban J connectivity index is 1.94. The van der Waals surface area contributed by atoms with Crippen LogP contribution in [0.25, 0.3) is 0 Å². The largest absolute Gasteiger partial charge is 0.316 e. The molecule has 0 bridgehead atoms. The van der Waals surface area contributed by atoms with E-state index in [0.717, 1.165) is 35.7 Å². The van der Waals surface area contributed by atoms with Gasteiger partial charge in [-0.25, -0.2) is 0 Å². The van der Waals surface area contributed by atoms with Crippen molar-refractivity contribution in [3.63, 3.8) is 0 Å². The predicted molar refractivity (Wildman–Crippen MR) is 93.0 cm³/mol. The lowest BCUT2D eigenvalue weighted by molar-refractivity contribution is 0.226. The van der Waals surface area contributed by atoms with Gasteiger partial charge in [-0.3, -0.25) is 0 Å². The van der Waals surface area contributed by atoms with Crippen molar-refractivity contribution in [2.24, 2.45) is 17.8 Å². The number of hydrogen-bond donors (Lipinski definition) is 1. The first-order valence-electron chi connectivity index (χ1n) is 8.52. The van der Waals surface area contributed by atoms with Gasteiger partial charge in [0.05, 0.1) is 0 Å². The quantitative estimate of drug-likeness (QED) is 0.757. The van der Waals surface area contributed by atoms with E-state index >= 15 is 0 Å². The molecule has 1 aliphatic carbocycles. The Hall–Kier alpha value is -0.530. The van der Waals surface area contributed by atoms with Gasteiger partial charge in [0.15, 0.2) is 0 Å². The van der Waals surface area contributed by atoms with Crippen molar-refractivity contribution in [3.05, 3.63) is 34.3 Å². The van der Waals surface area contributed by atoms with E-state index in [2.05, 4.69) is 44.3 Å². The van der Waals surface area contributed by atoms with Crippen molar-refractivity contribution in [3.8, 4) is 0 Å². The van der Waals surface area contributed by atoms with Crippen molar-refractivity contribution < 1.29 is 0 Å². The van der Waals surface area contributed by atoms with Crippen molar-refractivity contribution in [1.29, 1.82) is 0 Å². The van der Waals surface area contributed by atoms with Crippen LogP contribution in [0.2, 0.25) is 5.02 Å². The first kappa shape index (κ1) is 16.8. The Bertz CT molecular complexity index is 441. The molecule has 1 aliphatic rings. The molecule has 1 aromatic rings. The predicted octanol–water partition coefficient (Wildman–Crippen LogP) is 5.24. The maximum atomic E-state index is 6.43. The number of nitrogens with one attached hydrogen (secondary N) is 1. The molecule has 1 aromatic carbocycles. The molecular formula is C19H30ClN. The van der Waals surface area contributed by atoms with Gasteiger partial charge in [0.2, 0.25) is 0 Å². The highest BCUT2D eigenvalue weighted by atomic mass is 35.5. The number of aryl methyl sites for hydroxylation is 1. The summed E-state index contributed by atoms with van der Waals surface area (Å²) in [5.41, 5.74) is 2.59. The second-order valence-corrected chi connectivity index (χ2v) is 7.56. The fraction of sp³-hybridized carbons (Fsp3) is 0.684. The molecule has 2 rings (SSSR count). The van der Waals surface area contributed by atoms with Crippen molar-refractivity contribution >= 4 is 11.6 Å². The van der Waals surface area contributed by atoms with Crippen molar-refractivity contribution in [2.45, 2.75) is 52.9 Å². The van der Waals surface area contributed by atoms with Gasteiger partial charge in [-0.15, -0.1) is 0 Å². The van der Waals surface area contributed by atoms with Crippen molar-refractivity contribution in [1.82, 2.24) is 5.32 Å². The minimum absolute atomic E-state index is 0.735. The Kier molecular flexibility index (Phi) is 6.57. The van der Waals surface area contributed by atoms with E-state index in [1.165, 1.54) is 43.4 Å². The summed E-state index contributed by atoms with van der Waals surface area (Å²) in [6, 6.07) is 6.52. The summed E-state index contributed by atoms with van der Waals surface area (Å²) in [4.78, 5) is 0. The lowest BCUT2D eigenvalue weighted by Crippen LogP contribution is -2.33. The van der Waals surface area contributed by atoms with Gasteiger partial charge in [0.1, 0.15) is 0 Å². The van der Waals surface area contributed by atoms with Crippen LogP contribution in [0.5, 0.6) is 0 Å². The summed E-state index contributed by atoms with van der Waals surface area (Å²) in [5, 5.41) is 4.61. The molecule has 2 heteroatoms. The van der Waals surface area contributed by atoms with Gasteiger partial charge < -0.3 is 5.32 Å². The van der Waals surface area contributed by atoms with Crippen LogP contribution in [0.4, 0.5) is 0 Å².